The van der Waals surface area contributed by atoms with Crippen LogP contribution in [0.15, 0.2) is 127 Å². The van der Waals surface area contributed by atoms with Gasteiger partial charge in [-0.1, -0.05) is 42.7 Å². The van der Waals surface area contributed by atoms with Crippen molar-refractivity contribution in [3.63, 3.8) is 0 Å². The number of carbonyl (C=O) groups is 6. The Morgan fingerprint density at radius 3 is 1.63 bits per heavy atom. The molecule has 5 aromatic rings. The number of methoxy groups -OCH3 is 1. The van der Waals surface area contributed by atoms with E-state index in [4.69, 9.17) is 57.5 Å². The Labute approximate surface area is 512 Å². The van der Waals surface area contributed by atoms with Crippen LogP contribution < -0.4 is 28.7 Å². The SMILES string of the molecule is C=CC(=O)OCCCCCCOc1ccc(OC(=O)C2CCC(OC(=O)/C=C/c3ccc(OC(=O)C4CCC(C(=O)Oc5ccc(OCCCCCCOC(=O)C=C)cc5)CC4)c(/C=N/N(CCOCCOC)c4nc5ccccc5s4)c3)CC2)cc1. The highest BCUT2D eigenvalue weighted by Gasteiger charge is 2.33. The molecule has 0 amide bonds. The second-order valence-electron chi connectivity index (χ2n) is 21.0. The maximum Gasteiger partial charge on any atom is 0.331 e. The first-order chi connectivity index (χ1) is 42.5. The van der Waals surface area contributed by atoms with Crippen molar-refractivity contribution in [2.24, 2.45) is 22.9 Å². The van der Waals surface area contributed by atoms with Gasteiger partial charge in [0.1, 0.15) is 34.9 Å². The lowest BCUT2D eigenvalue weighted by molar-refractivity contribution is -0.147. The van der Waals surface area contributed by atoms with Gasteiger partial charge in [0.05, 0.1) is 87.0 Å². The normalized spacial score (nSPS) is 16.6. The molecule has 2 fully saturated rings. The molecular formula is C67H79N3O16S. The number of thiazole rings is 1. The van der Waals surface area contributed by atoms with E-state index >= 15 is 0 Å². The number of esters is 6. The highest BCUT2D eigenvalue weighted by molar-refractivity contribution is 7.22. The summed E-state index contributed by atoms with van der Waals surface area (Å²) < 4.78 is 57.1. The highest BCUT2D eigenvalue weighted by atomic mass is 32.1. The van der Waals surface area contributed by atoms with Crippen LogP contribution in [-0.2, 0) is 52.5 Å². The van der Waals surface area contributed by atoms with E-state index in [1.54, 1.807) is 91.1 Å². The summed E-state index contributed by atoms with van der Waals surface area (Å²) in [5.74, 6) is -1.29. The van der Waals surface area contributed by atoms with Gasteiger partial charge in [-0.25, -0.2) is 24.4 Å². The topological polar surface area (TPSA) is 223 Å². The molecule has 0 saturated heterocycles. The molecule has 464 valence electrons. The first-order valence-corrected chi connectivity index (χ1v) is 30.7. The largest absolute Gasteiger partial charge is 0.494 e. The van der Waals surface area contributed by atoms with Crippen LogP contribution in [0.5, 0.6) is 28.7 Å². The van der Waals surface area contributed by atoms with Crippen LogP contribution in [0.1, 0.15) is 114 Å². The predicted octanol–water partition coefficient (Wildman–Crippen LogP) is 12.2. The lowest BCUT2D eigenvalue weighted by Gasteiger charge is -2.26. The van der Waals surface area contributed by atoms with Crippen molar-refractivity contribution in [2.75, 3.05) is 64.9 Å². The zero-order chi connectivity index (χ0) is 61.4. The first-order valence-electron chi connectivity index (χ1n) is 29.9. The summed E-state index contributed by atoms with van der Waals surface area (Å²) >= 11 is 1.48. The lowest BCUT2D eigenvalue weighted by atomic mass is 9.82. The number of benzene rings is 4. The molecule has 2 aliphatic carbocycles. The van der Waals surface area contributed by atoms with E-state index < -0.39 is 35.7 Å². The summed E-state index contributed by atoms with van der Waals surface area (Å²) in [6, 6.07) is 26.8. The smallest absolute Gasteiger partial charge is 0.331 e. The molecule has 0 atom stereocenters. The van der Waals surface area contributed by atoms with E-state index in [1.165, 1.54) is 17.4 Å². The minimum Gasteiger partial charge on any atom is -0.494 e. The zero-order valence-electron chi connectivity index (χ0n) is 49.5. The zero-order valence-corrected chi connectivity index (χ0v) is 50.3. The molecule has 0 unspecified atom stereocenters. The first kappa shape index (κ1) is 66.3. The van der Waals surface area contributed by atoms with E-state index in [9.17, 15) is 28.8 Å². The van der Waals surface area contributed by atoms with Crippen molar-refractivity contribution >= 4 is 74.8 Å². The number of para-hydroxylation sites is 1. The Hall–Kier alpha value is -8.20. The molecule has 2 saturated carbocycles. The van der Waals surface area contributed by atoms with Gasteiger partial charge in [0, 0.05) is 30.9 Å². The average molecular weight is 1210 g/mol. The van der Waals surface area contributed by atoms with Crippen LogP contribution in [0, 0.1) is 17.8 Å². The minimum absolute atomic E-state index is 0.254. The Balaban J connectivity index is 0.904. The fraction of sp³-hybridized carbons (Fsp3) is 0.433. The number of anilines is 1. The number of unbranched alkanes of at least 4 members (excludes halogenated alkanes) is 6. The third-order valence-electron chi connectivity index (χ3n) is 14.6. The van der Waals surface area contributed by atoms with Crippen molar-refractivity contribution < 1.29 is 76.1 Å². The molecule has 19 nitrogen and oxygen atoms in total. The molecule has 4 aromatic carbocycles. The monoisotopic (exact) mass is 1210 g/mol. The van der Waals surface area contributed by atoms with Crippen LogP contribution in [0.3, 0.4) is 0 Å². The van der Waals surface area contributed by atoms with Crippen LogP contribution in [0.4, 0.5) is 5.13 Å². The number of hydrogen-bond donors (Lipinski definition) is 0. The Bertz CT molecular complexity index is 3040. The van der Waals surface area contributed by atoms with E-state index in [2.05, 4.69) is 13.2 Å². The molecule has 7 rings (SSSR count). The third kappa shape index (κ3) is 23.2. The second-order valence-corrected chi connectivity index (χ2v) is 22.0. The molecule has 0 N–H and O–H groups in total. The van der Waals surface area contributed by atoms with Gasteiger partial charge in [0.15, 0.2) is 0 Å². The van der Waals surface area contributed by atoms with E-state index in [0.717, 1.165) is 73.7 Å². The van der Waals surface area contributed by atoms with E-state index in [0.29, 0.717) is 143 Å². The van der Waals surface area contributed by atoms with Gasteiger partial charge in [0.25, 0.3) is 0 Å². The highest BCUT2D eigenvalue weighted by Crippen LogP contribution is 2.34. The summed E-state index contributed by atoms with van der Waals surface area (Å²) in [6.45, 7) is 10.1. The molecule has 0 aliphatic heterocycles. The molecule has 1 aromatic heterocycles. The number of ether oxygens (including phenoxy) is 10. The molecule has 0 radical (unpaired) electrons. The summed E-state index contributed by atoms with van der Waals surface area (Å²) in [5, 5.41) is 7.23. The van der Waals surface area contributed by atoms with Crippen LogP contribution in [0.2, 0.25) is 0 Å². The molecule has 87 heavy (non-hydrogen) atoms. The molecule has 20 heteroatoms. The summed E-state index contributed by atoms with van der Waals surface area (Å²) in [6.07, 6.45) is 17.1. The summed E-state index contributed by atoms with van der Waals surface area (Å²) in [7, 11) is 1.61. The molecule has 1 heterocycles. The van der Waals surface area contributed by atoms with E-state index in [1.807, 2.05) is 24.3 Å². The number of hydrazone groups is 1. The molecule has 0 spiro atoms. The van der Waals surface area contributed by atoms with Crippen molar-refractivity contribution in [1.82, 2.24) is 4.98 Å². The van der Waals surface area contributed by atoms with Gasteiger partial charge < -0.3 is 47.4 Å². The van der Waals surface area contributed by atoms with Gasteiger partial charge in [-0.2, -0.15) is 5.10 Å². The number of carbonyl (C=O) groups excluding carboxylic acids is 6. The maximum atomic E-state index is 13.9. The van der Waals surface area contributed by atoms with Crippen LogP contribution in [-0.4, -0.2) is 113 Å². The quantitative estimate of drug-likeness (QED) is 0.00691. The van der Waals surface area contributed by atoms with Gasteiger partial charge in [0.2, 0.25) is 5.13 Å². The maximum absolute atomic E-state index is 13.9. The molecule has 2 aliphatic rings. The number of fused-ring (bicyclic) bond motifs is 1. The average Bonchev–Trinajstić information content (AvgIpc) is 4.04. The fourth-order valence-corrected chi connectivity index (χ4v) is 10.6. The van der Waals surface area contributed by atoms with Crippen molar-refractivity contribution in [2.45, 2.75) is 109 Å². The van der Waals surface area contributed by atoms with Crippen LogP contribution in [0.25, 0.3) is 16.3 Å². The van der Waals surface area contributed by atoms with Gasteiger partial charge in [-0.05, 0) is 187 Å². The van der Waals surface area contributed by atoms with Gasteiger partial charge >= 0.3 is 35.8 Å². The molecule has 0 bridgehead atoms. The van der Waals surface area contributed by atoms with Crippen molar-refractivity contribution in [3.05, 3.63) is 134 Å². The Morgan fingerprint density at radius 1 is 0.575 bits per heavy atom. The number of nitrogens with zero attached hydrogens (tertiary/aromatic N) is 3. The summed E-state index contributed by atoms with van der Waals surface area (Å²) in [5.41, 5.74) is 1.89. The molecular weight excluding hydrogens is 1130 g/mol. The predicted molar refractivity (Wildman–Crippen MR) is 330 cm³/mol. The number of hydrogen-bond acceptors (Lipinski definition) is 20. The Morgan fingerprint density at radius 2 is 1.09 bits per heavy atom. The van der Waals surface area contributed by atoms with E-state index in [-0.39, 0.29) is 29.7 Å². The lowest BCUT2D eigenvalue weighted by Crippen LogP contribution is -2.30. The number of rotatable bonds is 36. The second kappa shape index (κ2) is 36.7. The standard InChI is InChI=1S/C67H79N3O16S/c1-4-61(71)81-41-14-8-6-12-39-79-53-28-32-56(33-29-53)84-64(74)49-20-22-50(23-21-49)66(76)86-59-36-18-48(46-52(59)47-68-70(38-43-78-45-44-77-3)67-69-58-16-10-11-17-60(58)87-67)19-37-63(73)83-55-26-24-51(25-27-55)65(75)85-57-34-30-54(31-35-57)80-40-13-7-9-15-42-82-62(72)5-2/h4-5,10-11,16-19,28-37,46-47,49-51,55H,1-2,6-9,12-15,20-27,38-45H2,3H3/b37-19+,68-47+. The number of aromatic nitrogens is 1. The van der Waals surface area contributed by atoms with Gasteiger partial charge in [-0.3, -0.25) is 14.4 Å². The van der Waals surface area contributed by atoms with Crippen molar-refractivity contribution in [3.8, 4) is 28.7 Å². The minimum atomic E-state index is -0.541. The van der Waals surface area contributed by atoms with Crippen LogP contribution >= 0.6 is 11.3 Å². The van der Waals surface area contributed by atoms with Crippen molar-refractivity contribution in [1.29, 1.82) is 0 Å². The van der Waals surface area contributed by atoms with Gasteiger partial charge in [-0.15, -0.1) is 0 Å². The summed E-state index contributed by atoms with van der Waals surface area (Å²) in [4.78, 5) is 80.8. The third-order valence-corrected chi connectivity index (χ3v) is 15.6. The Kier molecular flexibility index (Phi) is 28.0. The fourth-order valence-electron chi connectivity index (χ4n) is 9.67.